The molecule has 3 rings (SSSR count). The van der Waals surface area contributed by atoms with Crippen LogP contribution in [0, 0.1) is 11.7 Å². The van der Waals surface area contributed by atoms with Crippen LogP contribution in [0.25, 0.3) is 0 Å². The van der Waals surface area contributed by atoms with E-state index in [9.17, 15) is 14.0 Å². The lowest BCUT2D eigenvalue weighted by atomic mass is 9.95. The summed E-state index contributed by atoms with van der Waals surface area (Å²) in [6, 6.07) is 12.7. The first kappa shape index (κ1) is 17.9. The van der Waals surface area contributed by atoms with Crippen molar-refractivity contribution in [3.63, 3.8) is 0 Å². The van der Waals surface area contributed by atoms with Gasteiger partial charge in [-0.2, -0.15) is 0 Å². The largest absolute Gasteiger partial charge is 0.492 e. The fraction of sp³-hybridized carbons (Fsp3) is 0.300. The van der Waals surface area contributed by atoms with Gasteiger partial charge in [-0.25, -0.2) is 4.39 Å². The van der Waals surface area contributed by atoms with Crippen molar-refractivity contribution >= 4 is 11.9 Å². The Bertz CT molecular complexity index is 791. The number of nitrogens with one attached hydrogen (secondary N) is 1. The molecule has 0 radical (unpaired) electrons. The SMILES string of the molecule is COC(=O)C[C@H](NC(=O)[C@H]1COc2ccccc2C1)c1ccc(F)cc1. The van der Waals surface area contributed by atoms with Gasteiger partial charge in [0.05, 0.1) is 25.5 Å². The van der Waals surface area contributed by atoms with Gasteiger partial charge >= 0.3 is 5.97 Å². The molecule has 0 spiro atoms. The molecule has 0 unspecified atom stereocenters. The van der Waals surface area contributed by atoms with Crippen LogP contribution in [0.5, 0.6) is 5.75 Å². The van der Waals surface area contributed by atoms with Crippen LogP contribution in [-0.4, -0.2) is 25.6 Å². The molecule has 2 aromatic carbocycles. The van der Waals surface area contributed by atoms with E-state index >= 15 is 0 Å². The second-order valence-corrected chi connectivity index (χ2v) is 6.21. The Kier molecular flexibility index (Phi) is 5.51. The van der Waals surface area contributed by atoms with Crippen LogP contribution in [0.4, 0.5) is 4.39 Å². The highest BCUT2D eigenvalue weighted by Gasteiger charge is 2.28. The van der Waals surface area contributed by atoms with Gasteiger partial charge in [-0.3, -0.25) is 9.59 Å². The van der Waals surface area contributed by atoms with Gasteiger partial charge in [0.25, 0.3) is 0 Å². The van der Waals surface area contributed by atoms with Crippen molar-refractivity contribution < 1.29 is 23.5 Å². The minimum atomic E-state index is -0.590. The summed E-state index contributed by atoms with van der Waals surface area (Å²) in [5.74, 6) is -0.608. The second kappa shape index (κ2) is 7.99. The topological polar surface area (TPSA) is 64.6 Å². The number of rotatable bonds is 5. The summed E-state index contributed by atoms with van der Waals surface area (Å²) in [5, 5.41) is 2.88. The molecule has 6 heteroatoms. The summed E-state index contributed by atoms with van der Waals surface area (Å²) in [7, 11) is 1.29. The summed E-state index contributed by atoms with van der Waals surface area (Å²) in [5.41, 5.74) is 1.62. The molecule has 2 atom stereocenters. The standard InChI is InChI=1S/C20H20FNO4/c1-25-19(23)11-17(13-6-8-16(21)9-7-13)22-20(24)15-10-14-4-2-3-5-18(14)26-12-15/h2-9,15,17H,10-12H2,1H3,(H,22,24)/t15-,17+/m1/s1. The van der Waals surface area contributed by atoms with Gasteiger partial charge in [0, 0.05) is 0 Å². The quantitative estimate of drug-likeness (QED) is 0.836. The smallest absolute Gasteiger partial charge is 0.307 e. The first-order valence-electron chi connectivity index (χ1n) is 8.40. The molecule has 136 valence electrons. The van der Waals surface area contributed by atoms with Gasteiger partial charge in [0.1, 0.15) is 18.2 Å². The van der Waals surface area contributed by atoms with Crippen molar-refractivity contribution in [2.45, 2.75) is 18.9 Å². The molecule has 0 saturated heterocycles. The van der Waals surface area contributed by atoms with Crippen molar-refractivity contribution in [3.8, 4) is 5.75 Å². The van der Waals surface area contributed by atoms with Crippen LogP contribution in [0.1, 0.15) is 23.6 Å². The molecular formula is C20H20FNO4. The van der Waals surface area contributed by atoms with Crippen LogP contribution < -0.4 is 10.1 Å². The van der Waals surface area contributed by atoms with E-state index in [0.29, 0.717) is 12.0 Å². The molecule has 1 aliphatic rings. The van der Waals surface area contributed by atoms with E-state index in [0.717, 1.165) is 11.3 Å². The molecule has 2 aromatic rings. The minimum Gasteiger partial charge on any atom is -0.492 e. The van der Waals surface area contributed by atoms with Gasteiger partial charge in [-0.1, -0.05) is 30.3 Å². The van der Waals surface area contributed by atoms with E-state index in [1.807, 2.05) is 24.3 Å². The molecule has 1 N–H and O–H groups in total. The molecule has 1 aliphatic heterocycles. The van der Waals surface area contributed by atoms with Crippen LogP contribution in [0.2, 0.25) is 0 Å². The summed E-state index contributed by atoms with van der Waals surface area (Å²) in [4.78, 5) is 24.4. The number of methoxy groups -OCH3 is 1. The summed E-state index contributed by atoms with van der Waals surface area (Å²) < 4.78 is 23.5. The molecule has 0 aromatic heterocycles. The van der Waals surface area contributed by atoms with Crippen molar-refractivity contribution in [3.05, 3.63) is 65.5 Å². The summed E-state index contributed by atoms with van der Waals surface area (Å²) >= 11 is 0. The second-order valence-electron chi connectivity index (χ2n) is 6.21. The Morgan fingerprint density at radius 1 is 1.23 bits per heavy atom. The molecule has 1 heterocycles. The maximum Gasteiger partial charge on any atom is 0.307 e. The lowest BCUT2D eigenvalue weighted by molar-refractivity contribution is -0.141. The van der Waals surface area contributed by atoms with Gasteiger partial charge in [-0.05, 0) is 35.7 Å². The Morgan fingerprint density at radius 3 is 2.69 bits per heavy atom. The van der Waals surface area contributed by atoms with E-state index in [2.05, 4.69) is 5.32 Å². The average molecular weight is 357 g/mol. The third-order valence-electron chi connectivity index (χ3n) is 4.44. The average Bonchev–Trinajstić information content (AvgIpc) is 2.67. The molecule has 26 heavy (non-hydrogen) atoms. The lowest BCUT2D eigenvalue weighted by Crippen LogP contribution is -2.40. The summed E-state index contributed by atoms with van der Waals surface area (Å²) in [6.07, 6.45) is 0.536. The monoisotopic (exact) mass is 357 g/mol. The lowest BCUT2D eigenvalue weighted by Gasteiger charge is -2.27. The number of halogens is 1. The van der Waals surface area contributed by atoms with E-state index in [4.69, 9.17) is 9.47 Å². The molecule has 0 aliphatic carbocycles. The summed E-state index contributed by atoms with van der Waals surface area (Å²) in [6.45, 7) is 0.275. The highest BCUT2D eigenvalue weighted by Crippen LogP contribution is 2.27. The predicted molar refractivity (Wildman–Crippen MR) is 93.0 cm³/mol. The van der Waals surface area contributed by atoms with Crippen LogP contribution in [0.3, 0.4) is 0 Å². The number of hydrogen-bond acceptors (Lipinski definition) is 4. The highest BCUT2D eigenvalue weighted by atomic mass is 19.1. The zero-order valence-corrected chi connectivity index (χ0v) is 14.4. The predicted octanol–water partition coefficient (Wildman–Crippen LogP) is 2.80. The van der Waals surface area contributed by atoms with Crippen molar-refractivity contribution in [1.29, 1.82) is 0 Å². The molecule has 0 saturated carbocycles. The van der Waals surface area contributed by atoms with Crippen molar-refractivity contribution in [2.75, 3.05) is 13.7 Å². The van der Waals surface area contributed by atoms with Gasteiger partial charge < -0.3 is 14.8 Å². The Labute approximate surface area is 151 Å². The number of hydrogen-bond donors (Lipinski definition) is 1. The molecule has 0 bridgehead atoms. The van der Waals surface area contributed by atoms with E-state index in [1.54, 1.807) is 12.1 Å². The van der Waals surface area contributed by atoms with Crippen LogP contribution in [-0.2, 0) is 20.7 Å². The van der Waals surface area contributed by atoms with Crippen molar-refractivity contribution in [1.82, 2.24) is 5.32 Å². The third-order valence-corrected chi connectivity index (χ3v) is 4.44. The zero-order chi connectivity index (χ0) is 18.5. The number of esters is 1. The Morgan fingerprint density at radius 2 is 1.96 bits per heavy atom. The maximum atomic E-state index is 13.2. The first-order chi connectivity index (χ1) is 12.6. The number of carbonyl (C=O) groups is 2. The van der Waals surface area contributed by atoms with Gasteiger partial charge in [-0.15, -0.1) is 0 Å². The normalized spacial score (nSPS) is 16.8. The Balaban J connectivity index is 1.73. The number of carbonyl (C=O) groups excluding carboxylic acids is 2. The van der Waals surface area contributed by atoms with Crippen molar-refractivity contribution in [2.24, 2.45) is 5.92 Å². The minimum absolute atomic E-state index is 0.0297. The number of fused-ring (bicyclic) bond motifs is 1. The molecule has 1 amide bonds. The third kappa shape index (κ3) is 4.20. The fourth-order valence-electron chi connectivity index (χ4n) is 2.98. The Hall–Kier alpha value is -2.89. The fourth-order valence-corrected chi connectivity index (χ4v) is 2.98. The van der Waals surface area contributed by atoms with E-state index in [1.165, 1.54) is 19.2 Å². The van der Waals surface area contributed by atoms with Crippen LogP contribution in [0.15, 0.2) is 48.5 Å². The number of ether oxygens (including phenoxy) is 2. The zero-order valence-electron chi connectivity index (χ0n) is 14.4. The van der Waals surface area contributed by atoms with E-state index in [-0.39, 0.29) is 30.7 Å². The number of para-hydroxylation sites is 1. The van der Waals surface area contributed by atoms with Gasteiger partial charge in [0.2, 0.25) is 5.91 Å². The first-order valence-corrected chi connectivity index (χ1v) is 8.40. The maximum absolute atomic E-state index is 13.2. The van der Waals surface area contributed by atoms with Crippen LogP contribution >= 0.6 is 0 Å². The molecular weight excluding hydrogens is 337 g/mol. The van der Waals surface area contributed by atoms with Gasteiger partial charge in [0.15, 0.2) is 0 Å². The van der Waals surface area contributed by atoms with E-state index < -0.39 is 12.0 Å². The molecule has 0 fully saturated rings. The number of benzene rings is 2. The molecule has 5 nitrogen and oxygen atoms in total. The number of amides is 1. The highest BCUT2D eigenvalue weighted by molar-refractivity contribution is 5.81.